The summed E-state index contributed by atoms with van der Waals surface area (Å²) in [6.07, 6.45) is 1.90. The summed E-state index contributed by atoms with van der Waals surface area (Å²) in [7, 11) is 0. The first-order valence-electron chi connectivity index (χ1n) is 3.35. The molecule has 1 aromatic carbocycles. The van der Waals surface area contributed by atoms with E-state index < -0.39 is 0 Å². The van der Waals surface area contributed by atoms with Gasteiger partial charge in [-0.15, -0.1) is 6.58 Å². The Morgan fingerprint density at radius 2 is 2.40 bits per heavy atom. The molecule has 0 fully saturated rings. The topological polar surface area (TPSA) is 0 Å². The highest BCUT2D eigenvalue weighted by molar-refractivity contribution is 5.19. The molecular formula is C10H10. The maximum absolute atomic E-state index is 3.70. The Hall–Kier alpha value is -1.04. The average molecular weight is 130 g/mol. The van der Waals surface area contributed by atoms with Crippen LogP contribution in [0, 0.1) is 12.1 Å². The van der Waals surface area contributed by atoms with E-state index in [4.69, 9.17) is 0 Å². The lowest BCUT2D eigenvalue weighted by Crippen LogP contribution is -1.86. The number of rotatable bonds is 2. The second-order valence-corrected chi connectivity index (χ2v) is 2.27. The van der Waals surface area contributed by atoms with Gasteiger partial charge in [-0.25, -0.2) is 0 Å². The zero-order chi connectivity index (χ0) is 7.40. The Bertz CT molecular complexity index is 199. The molecule has 2 radical (unpaired) electrons. The van der Waals surface area contributed by atoms with E-state index in [-0.39, 0.29) is 0 Å². The molecule has 0 spiro atoms. The maximum Gasteiger partial charge on any atom is -0.000674 e. The van der Waals surface area contributed by atoms with Crippen LogP contribution in [0.1, 0.15) is 18.4 Å². The highest BCUT2D eigenvalue weighted by Gasteiger charge is 1.96. The smallest absolute Gasteiger partial charge is 0.000674 e. The molecule has 0 aromatic heterocycles. The number of benzene rings is 1. The molecule has 1 atom stereocenters. The molecule has 0 nitrogen and oxygen atoms in total. The summed E-state index contributed by atoms with van der Waals surface area (Å²) in [5.41, 5.74) is 1.15. The van der Waals surface area contributed by atoms with E-state index in [0.29, 0.717) is 5.92 Å². The third-order valence-electron chi connectivity index (χ3n) is 1.51. The van der Waals surface area contributed by atoms with E-state index in [0.717, 1.165) is 5.56 Å². The van der Waals surface area contributed by atoms with Crippen molar-refractivity contribution in [3.05, 3.63) is 48.6 Å². The highest BCUT2D eigenvalue weighted by atomic mass is 14.0. The number of allylic oxidation sites excluding steroid dienone is 1. The lowest BCUT2D eigenvalue weighted by atomic mass is 10.0. The van der Waals surface area contributed by atoms with Crippen LogP contribution in [-0.2, 0) is 0 Å². The zero-order valence-electron chi connectivity index (χ0n) is 6.09. The first-order valence-corrected chi connectivity index (χ1v) is 3.35. The number of hydrogen-bond acceptors (Lipinski definition) is 0. The molecule has 0 saturated carbocycles. The minimum Gasteiger partial charge on any atom is -0.102 e. The normalized spacial score (nSPS) is 12.5. The maximum atomic E-state index is 3.70. The SMILES string of the molecule is C=CC(C)c1[c]cc[c]c1. The monoisotopic (exact) mass is 130 g/mol. The molecule has 1 aromatic rings. The van der Waals surface area contributed by atoms with Crippen LogP contribution in [0.4, 0.5) is 0 Å². The van der Waals surface area contributed by atoms with Gasteiger partial charge in [0.25, 0.3) is 0 Å². The van der Waals surface area contributed by atoms with Gasteiger partial charge in [0.2, 0.25) is 0 Å². The van der Waals surface area contributed by atoms with Gasteiger partial charge in [-0.2, -0.15) is 0 Å². The Labute approximate surface area is 62.2 Å². The number of hydrogen-bond donors (Lipinski definition) is 0. The van der Waals surface area contributed by atoms with Crippen LogP contribution < -0.4 is 0 Å². The van der Waals surface area contributed by atoms with Crippen molar-refractivity contribution in [2.24, 2.45) is 0 Å². The Morgan fingerprint density at radius 3 is 2.90 bits per heavy atom. The van der Waals surface area contributed by atoms with Crippen LogP contribution in [0.15, 0.2) is 30.9 Å². The first-order chi connectivity index (χ1) is 4.84. The predicted molar refractivity (Wildman–Crippen MR) is 42.7 cm³/mol. The molecule has 0 aliphatic carbocycles. The molecule has 0 amide bonds. The second kappa shape index (κ2) is 3.21. The molecule has 1 rings (SSSR count). The lowest BCUT2D eigenvalue weighted by molar-refractivity contribution is 0.968. The van der Waals surface area contributed by atoms with Crippen molar-refractivity contribution in [3.8, 4) is 0 Å². The molecule has 1 unspecified atom stereocenters. The van der Waals surface area contributed by atoms with Gasteiger partial charge in [-0.05, 0) is 29.7 Å². The average Bonchev–Trinajstić information content (AvgIpc) is 2.05. The van der Waals surface area contributed by atoms with Crippen molar-refractivity contribution in [1.29, 1.82) is 0 Å². The van der Waals surface area contributed by atoms with Crippen molar-refractivity contribution in [2.75, 3.05) is 0 Å². The lowest BCUT2D eigenvalue weighted by Gasteiger charge is -2.02. The molecule has 0 heteroatoms. The summed E-state index contributed by atoms with van der Waals surface area (Å²) in [6, 6.07) is 11.8. The summed E-state index contributed by atoms with van der Waals surface area (Å²) in [6.45, 7) is 5.79. The minimum absolute atomic E-state index is 0.387. The van der Waals surface area contributed by atoms with E-state index in [2.05, 4.69) is 25.6 Å². The molecule has 0 saturated heterocycles. The fourth-order valence-electron chi connectivity index (χ4n) is 0.755. The molecule has 50 valence electrons. The summed E-state index contributed by atoms with van der Waals surface area (Å²) in [4.78, 5) is 0. The predicted octanol–water partition coefficient (Wildman–Crippen LogP) is 2.58. The van der Waals surface area contributed by atoms with Gasteiger partial charge in [0.05, 0.1) is 0 Å². The summed E-state index contributed by atoms with van der Waals surface area (Å²) >= 11 is 0. The molecule has 0 bridgehead atoms. The van der Waals surface area contributed by atoms with Crippen LogP contribution in [0.3, 0.4) is 0 Å². The third kappa shape index (κ3) is 1.47. The van der Waals surface area contributed by atoms with Crippen LogP contribution in [0.25, 0.3) is 0 Å². The first kappa shape index (κ1) is 7.07. The van der Waals surface area contributed by atoms with E-state index in [1.165, 1.54) is 0 Å². The molecule has 0 N–H and O–H groups in total. The Kier molecular flexibility index (Phi) is 2.27. The van der Waals surface area contributed by atoms with E-state index >= 15 is 0 Å². The van der Waals surface area contributed by atoms with Crippen LogP contribution in [0.2, 0.25) is 0 Å². The van der Waals surface area contributed by atoms with Gasteiger partial charge < -0.3 is 0 Å². The van der Waals surface area contributed by atoms with Crippen molar-refractivity contribution in [3.63, 3.8) is 0 Å². The van der Waals surface area contributed by atoms with Gasteiger partial charge in [-0.1, -0.05) is 25.1 Å². The largest absolute Gasteiger partial charge is 0.102 e. The quantitative estimate of drug-likeness (QED) is 0.540. The minimum atomic E-state index is 0.387. The van der Waals surface area contributed by atoms with Gasteiger partial charge in [0, 0.05) is 0 Å². The fraction of sp³-hybridized carbons (Fsp3) is 0.200. The molecular weight excluding hydrogens is 120 g/mol. The Balaban J connectivity index is 2.84. The molecule has 0 aliphatic heterocycles. The van der Waals surface area contributed by atoms with Gasteiger partial charge in [0.15, 0.2) is 0 Å². The molecule has 0 heterocycles. The van der Waals surface area contributed by atoms with E-state index in [9.17, 15) is 0 Å². The van der Waals surface area contributed by atoms with E-state index in [1.54, 1.807) is 0 Å². The van der Waals surface area contributed by atoms with Crippen molar-refractivity contribution >= 4 is 0 Å². The van der Waals surface area contributed by atoms with Gasteiger partial charge in [0.1, 0.15) is 0 Å². The van der Waals surface area contributed by atoms with Crippen molar-refractivity contribution in [2.45, 2.75) is 12.8 Å². The summed E-state index contributed by atoms with van der Waals surface area (Å²) in [5.74, 6) is 0.387. The zero-order valence-corrected chi connectivity index (χ0v) is 6.09. The Morgan fingerprint density at radius 1 is 1.60 bits per heavy atom. The molecule has 0 aliphatic rings. The van der Waals surface area contributed by atoms with Crippen molar-refractivity contribution < 1.29 is 0 Å². The highest BCUT2D eigenvalue weighted by Crippen LogP contribution is 2.13. The van der Waals surface area contributed by atoms with Gasteiger partial charge in [-0.3, -0.25) is 0 Å². The summed E-state index contributed by atoms with van der Waals surface area (Å²) in [5, 5.41) is 0. The van der Waals surface area contributed by atoms with Gasteiger partial charge >= 0.3 is 0 Å². The molecule has 10 heavy (non-hydrogen) atoms. The standard InChI is InChI=1S/C10H10/c1-3-9(2)10-7-5-4-6-8-10/h3-5,8-9H,1H2,2H3. The van der Waals surface area contributed by atoms with Crippen molar-refractivity contribution in [1.82, 2.24) is 0 Å². The van der Waals surface area contributed by atoms with Crippen LogP contribution in [-0.4, -0.2) is 0 Å². The summed E-state index contributed by atoms with van der Waals surface area (Å²) < 4.78 is 0. The van der Waals surface area contributed by atoms with Crippen LogP contribution in [0.5, 0.6) is 0 Å². The second-order valence-electron chi connectivity index (χ2n) is 2.27. The van der Waals surface area contributed by atoms with E-state index in [1.807, 2.05) is 24.3 Å². The third-order valence-corrected chi connectivity index (χ3v) is 1.51. The fourth-order valence-corrected chi connectivity index (χ4v) is 0.755. The van der Waals surface area contributed by atoms with Crippen LogP contribution >= 0.6 is 0 Å².